The number of piperidine rings is 1. The lowest BCUT2D eigenvalue weighted by Crippen LogP contribution is -2.44. The quantitative estimate of drug-likeness (QED) is 0.769. The lowest BCUT2D eigenvalue weighted by atomic mass is 9.75. The summed E-state index contributed by atoms with van der Waals surface area (Å²) in [5.41, 5.74) is 0.488. The van der Waals surface area contributed by atoms with Crippen LogP contribution in [0.4, 0.5) is 0 Å². The second-order valence-electron chi connectivity index (χ2n) is 8.59. The van der Waals surface area contributed by atoms with Crippen molar-refractivity contribution in [2.75, 3.05) is 24.6 Å². The predicted molar refractivity (Wildman–Crippen MR) is 110 cm³/mol. The first-order valence-electron chi connectivity index (χ1n) is 10.4. The van der Waals surface area contributed by atoms with E-state index in [-0.39, 0.29) is 28.7 Å². The van der Waals surface area contributed by atoms with Gasteiger partial charge in [-0.3, -0.25) is 4.79 Å². The van der Waals surface area contributed by atoms with E-state index in [0.717, 1.165) is 25.4 Å². The summed E-state index contributed by atoms with van der Waals surface area (Å²) < 4.78 is 50.6. The number of sulfone groups is 1. The first-order chi connectivity index (χ1) is 13.7. The molecule has 0 spiro atoms. The highest BCUT2D eigenvalue weighted by Crippen LogP contribution is 2.36. The molecule has 2 aliphatic heterocycles. The molecule has 2 heterocycles. The molecular weight excluding hydrogens is 412 g/mol. The van der Waals surface area contributed by atoms with Gasteiger partial charge in [0.25, 0.3) is 5.91 Å². The largest absolute Gasteiger partial charge is 0.338 e. The summed E-state index contributed by atoms with van der Waals surface area (Å²) in [4.78, 5) is 14.8. The molecule has 7 nitrogen and oxygen atoms in total. The van der Waals surface area contributed by atoms with E-state index in [1.54, 1.807) is 12.1 Å². The average Bonchev–Trinajstić information content (AvgIpc) is 3.04. The van der Waals surface area contributed by atoms with Gasteiger partial charge in [0.05, 0.1) is 16.4 Å². The summed E-state index contributed by atoms with van der Waals surface area (Å²) in [7, 11) is -6.98. The number of carbonyl (C=O) groups excluding carboxylic acids is 1. The molecule has 3 fully saturated rings. The van der Waals surface area contributed by atoms with Crippen molar-refractivity contribution < 1.29 is 21.6 Å². The van der Waals surface area contributed by atoms with Gasteiger partial charge in [-0.2, -0.15) is 0 Å². The van der Waals surface area contributed by atoms with Crippen molar-refractivity contribution in [1.82, 2.24) is 9.62 Å². The zero-order valence-corrected chi connectivity index (χ0v) is 18.1. The van der Waals surface area contributed by atoms with Gasteiger partial charge >= 0.3 is 0 Å². The SMILES string of the molecule is O=C(c1ccc(S(=O)(=O)N[C@@H]2CCS(=O)(=O)C2)cc1)N1CC[C@@H]2CCCC[C@@H]2C1. The fourth-order valence-corrected chi connectivity index (χ4v) is 7.97. The van der Waals surface area contributed by atoms with Gasteiger partial charge in [-0.25, -0.2) is 21.6 Å². The zero-order valence-electron chi connectivity index (χ0n) is 16.4. The van der Waals surface area contributed by atoms with Crippen molar-refractivity contribution in [3.63, 3.8) is 0 Å². The fourth-order valence-electron chi connectivity index (χ4n) is 4.92. The van der Waals surface area contributed by atoms with Crippen molar-refractivity contribution >= 4 is 25.8 Å². The van der Waals surface area contributed by atoms with E-state index in [0.29, 0.717) is 11.5 Å². The van der Waals surface area contributed by atoms with Gasteiger partial charge in [-0.05, 0) is 55.4 Å². The summed E-state index contributed by atoms with van der Waals surface area (Å²) in [5, 5.41) is 0. The molecule has 1 saturated carbocycles. The van der Waals surface area contributed by atoms with Gasteiger partial charge in [0.15, 0.2) is 9.84 Å². The topological polar surface area (TPSA) is 101 Å². The van der Waals surface area contributed by atoms with Crippen molar-refractivity contribution in [3.8, 4) is 0 Å². The van der Waals surface area contributed by atoms with Crippen molar-refractivity contribution in [2.45, 2.75) is 49.5 Å². The maximum atomic E-state index is 12.9. The number of hydrogen-bond donors (Lipinski definition) is 1. The Bertz CT molecular complexity index is 973. The van der Waals surface area contributed by atoms with Crippen LogP contribution in [0.5, 0.6) is 0 Å². The molecule has 9 heteroatoms. The van der Waals surface area contributed by atoms with Crippen molar-refractivity contribution in [1.29, 1.82) is 0 Å². The van der Waals surface area contributed by atoms with Gasteiger partial charge in [0.1, 0.15) is 0 Å². The van der Waals surface area contributed by atoms with Crippen LogP contribution < -0.4 is 4.72 Å². The molecule has 160 valence electrons. The van der Waals surface area contributed by atoms with Crippen LogP contribution in [0.2, 0.25) is 0 Å². The van der Waals surface area contributed by atoms with E-state index in [1.165, 1.54) is 37.8 Å². The molecule has 2 saturated heterocycles. The molecule has 1 aliphatic carbocycles. The van der Waals surface area contributed by atoms with Gasteiger partial charge in [0, 0.05) is 24.7 Å². The molecule has 0 unspecified atom stereocenters. The summed E-state index contributed by atoms with van der Waals surface area (Å²) in [6.07, 6.45) is 6.34. The van der Waals surface area contributed by atoms with Crippen LogP contribution in [0.15, 0.2) is 29.2 Å². The molecule has 1 aromatic rings. The Morgan fingerprint density at radius 3 is 2.34 bits per heavy atom. The highest BCUT2D eigenvalue weighted by Gasteiger charge is 2.34. The monoisotopic (exact) mass is 440 g/mol. The molecule has 1 N–H and O–H groups in total. The number of carbonyl (C=O) groups is 1. The van der Waals surface area contributed by atoms with Crippen LogP contribution in [0.25, 0.3) is 0 Å². The molecule has 0 radical (unpaired) electrons. The smallest absolute Gasteiger partial charge is 0.253 e. The summed E-state index contributed by atoms with van der Waals surface area (Å²) >= 11 is 0. The van der Waals surface area contributed by atoms with E-state index in [9.17, 15) is 21.6 Å². The summed E-state index contributed by atoms with van der Waals surface area (Å²) in [6, 6.07) is 5.35. The van der Waals surface area contributed by atoms with E-state index in [4.69, 9.17) is 0 Å². The predicted octanol–water partition coefficient (Wildman–Crippen LogP) is 1.80. The first-order valence-corrected chi connectivity index (χ1v) is 13.7. The highest BCUT2D eigenvalue weighted by atomic mass is 32.2. The Morgan fingerprint density at radius 2 is 1.69 bits per heavy atom. The minimum Gasteiger partial charge on any atom is -0.338 e. The summed E-state index contributed by atoms with van der Waals surface area (Å²) in [6.45, 7) is 1.55. The van der Waals surface area contributed by atoms with Crippen LogP contribution in [-0.2, 0) is 19.9 Å². The van der Waals surface area contributed by atoms with Crippen molar-refractivity contribution in [2.24, 2.45) is 11.8 Å². The van der Waals surface area contributed by atoms with Gasteiger partial charge < -0.3 is 4.90 Å². The molecule has 1 amide bonds. The molecule has 3 atom stereocenters. The number of nitrogens with one attached hydrogen (secondary N) is 1. The Kier molecular flexibility index (Phi) is 5.74. The molecule has 0 aromatic heterocycles. The van der Waals surface area contributed by atoms with Gasteiger partial charge in [-0.15, -0.1) is 0 Å². The highest BCUT2D eigenvalue weighted by molar-refractivity contribution is 7.92. The van der Waals surface area contributed by atoms with Crippen LogP contribution >= 0.6 is 0 Å². The number of sulfonamides is 1. The number of rotatable bonds is 4. The van der Waals surface area contributed by atoms with Crippen LogP contribution in [0, 0.1) is 11.8 Å². The molecule has 29 heavy (non-hydrogen) atoms. The number of fused-ring (bicyclic) bond motifs is 1. The van der Waals surface area contributed by atoms with Crippen LogP contribution in [0.1, 0.15) is 48.9 Å². The molecule has 3 aliphatic rings. The number of benzene rings is 1. The standard InChI is InChI=1S/C20H28N2O5S2/c23-20(22-11-9-15-3-1-2-4-17(15)13-22)16-5-7-19(8-6-16)29(26,27)21-18-10-12-28(24,25)14-18/h5-8,15,17-18,21H,1-4,9-14H2/t15-,17+,18+/m0/s1. The van der Waals surface area contributed by atoms with E-state index >= 15 is 0 Å². The zero-order chi connectivity index (χ0) is 20.6. The number of likely N-dealkylation sites (tertiary alicyclic amines) is 1. The Hall–Kier alpha value is -1.45. The Morgan fingerprint density at radius 1 is 1.00 bits per heavy atom. The van der Waals surface area contributed by atoms with E-state index < -0.39 is 25.9 Å². The average molecular weight is 441 g/mol. The number of amides is 1. The van der Waals surface area contributed by atoms with Gasteiger partial charge in [0.2, 0.25) is 10.0 Å². The normalized spacial score (nSPS) is 29.4. The second-order valence-corrected chi connectivity index (χ2v) is 12.5. The van der Waals surface area contributed by atoms with E-state index in [2.05, 4.69) is 4.72 Å². The molecule has 0 bridgehead atoms. The lowest BCUT2D eigenvalue weighted by molar-refractivity contribution is 0.0521. The Balaban J connectivity index is 1.41. The third-order valence-corrected chi connectivity index (χ3v) is 9.85. The first kappa shape index (κ1) is 20.8. The van der Waals surface area contributed by atoms with Gasteiger partial charge in [-0.1, -0.05) is 19.3 Å². The minimum atomic E-state index is -3.82. The second kappa shape index (κ2) is 8.00. The Labute approximate surface area is 172 Å². The van der Waals surface area contributed by atoms with Crippen LogP contribution in [0.3, 0.4) is 0 Å². The maximum Gasteiger partial charge on any atom is 0.253 e. The third-order valence-electron chi connectivity index (χ3n) is 6.54. The fraction of sp³-hybridized carbons (Fsp3) is 0.650. The molecular formula is C20H28N2O5S2. The van der Waals surface area contributed by atoms with Crippen LogP contribution in [-0.4, -0.2) is 58.3 Å². The van der Waals surface area contributed by atoms with E-state index in [1.807, 2.05) is 4.90 Å². The number of hydrogen-bond acceptors (Lipinski definition) is 5. The lowest BCUT2D eigenvalue weighted by Gasteiger charge is -2.41. The molecule has 4 rings (SSSR count). The molecule has 1 aromatic carbocycles. The number of nitrogens with zero attached hydrogens (tertiary/aromatic N) is 1. The summed E-state index contributed by atoms with van der Waals surface area (Å²) in [5.74, 6) is 1.12. The minimum absolute atomic E-state index is 0.00527. The maximum absolute atomic E-state index is 12.9. The van der Waals surface area contributed by atoms with Crippen molar-refractivity contribution in [3.05, 3.63) is 29.8 Å². The third kappa shape index (κ3) is 4.67.